The summed E-state index contributed by atoms with van der Waals surface area (Å²) in [5, 5.41) is 29.8. The van der Waals surface area contributed by atoms with E-state index >= 15 is 0 Å². The van der Waals surface area contributed by atoms with Crippen LogP contribution in [-0.2, 0) is 12.7 Å². The van der Waals surface area contributed by atoms with Crippen molar-refractivity contribution in [2.45, 2.75) is 25.2 Å². The second-order valence-corrected chi connectivity index (χ2v) is 10.2. The number of β-amino-alcohol motifs (C(OH)–C–C–N with tert-alkyl or cyclic N) is 1. The quantitative estimate of drug-likeness (QED) is 0.106. The maximum absolute atomic E-state index is 13.7. The average Bonchev–Trinajstić information content (AvgIpc) is 3.60. The van der Waals surface area contributed by atoms with Crippen molar-refractivity contribution >= 4 is 51.2 Å². The van der Waals surface area contributed by atoms with E-state index in [0.717, 1.165) is 39.9 Å². The van der Waals surface area contributed by atoms with Gasteiger partial charge < -0.3 is 20.6 Å². The zero-order valence-corrected chi connectivity index (χ0v) is 22.3. The van der Waals surface area contributed by atoms with E-state index in [0.29, 0.717) is 30.1 Å². The van der Waals surface area contributed by atoms with Crippen LogP contribution in [-0.4, -0.2) is 46.1 Å². The zero-order valence-electron chi connectivity index (χ0n) is 21.4. The standard InChI is InChI=1S/C28H24F3N7O2S/c29-28(30,31)18-11-19(13-20(12-18)37-27(35-16-32)38-9-6-21(39)15-38)36-26(40)25-24(7-10-41-25)34-14-17-5-8-33-23-4-2-1-3-22(17)23/h1-5,7-8,10-13,21,34,39H,6,9,14-15H2,(H,35,37)(H,36,40). The molecule has 1 aliphatic rings. The van der Waals surface area contributed by atoms with Gasteiger partial charge in [-0.3, -0.25) is 15.1 Å². The van der Waals surface area contributed by atoms with E-state index in [4.69, 9.17) is 5.26 Å². The van der Waals surface area contributed by atoms with Gasteiger partial charge in [0.15, 0.2) is 6.19 Å². The van der Waals surface area contributed by atoms with Gasteiger partial charge in [0, 0.05) is 36.9 Å². The molecule has 4 N–H and O–H groups in total. The van der Waals surface area contributed by atoms with Crippen LogP contribution in [0.25, 0.3) is 10.9 Å². The van der Waals surface area contributed by atoms with Crippen LogP contribution in [0.2, 0.25) is 0 Å². The minimum Gasteiger partial charge on any atom is -0.391 e. The Bertz CT molecular complexity index is 1640. The summed E-state index contributed by atoms with van der Waals surface area (Å²) in [7, 11) is 0. The Morgan fingerprint density at radius 3 is 2.80 bits per heavy atom. The lowest BCUT2D eigenvalue weighted by Crippen LogP contribution is -2.38. The number of fused-ring (bicyclic) bond motifs is 1. The maximum atomic E-state index is 13.7. The molecule has 0 saturated carbocycles. The van der Waals surface area contributed by atoms with Gasteiger partial charge in [-0.15, -0.1) is 11.3 Å². The third kappa shape index (κ3) is 6.56. The van der Waals surface area contributed by atoms with E-state index in [1.165, 1.54) is 6.07 Å². The fourth-order valence-corrected chi connectivity index (χ4v) is 5.27. The predicted molar refractivity (Wildman–Crippen MR) is 151 cm³/mol. The van der Waals surface area contributed by atoms with Crippen molar-refractivity contribution in [3.63, 3.8) is 0 Å². The van der Waals surface area contributed by atoms with E-state index in [1.54, 1.807) is 28.7 Å². The van der Waals surface area contributed by atoms with Crippen molar-refractivity contribution in [1.29, 1.82) is 5.26 Å². The van der Waals surface area contributed by atoms with Crippen LogP contribution < -0.4 is 16.0 Å². The summed E-state index contributed by atoms with van der Waals surface area (Å²) < 4.78 is 41.2. The van der Waals surface area contributed by atoms with Crippen LogP contribution in [0.15, 0.2) is 71.2 Å². The number of aliphatic hydroxyl groups is 1. The van der Waals surface area contributed by atoms with E-state index < -0.39 is 23.8 Å². The molecular formula is C28H24F3N7O2S. The Morgan fingerprint density at radius 2 is 2.05 bits per heavy atom. The molecule has 0 spiro atoms. The molecule has 210 valence electrons. The Balaban J connectivity index is 1.38. The van der Waals surface area contributed by atoms with Crippen LogP contribution in [0.1, 0.15) is 27.2 Å². The number of hydrogen-bond acceptors (Lipinski definition) is 7. The second-order valence-electron chi connectivity index (χ2n) is 9.29. The molecule has 1 aliphatic heterocycles. The summed E-state index contributed by atoms with van der Waals surface area (Å²) >= 11 is 1.15. The van der Waals surface area contributed by atoms with Gasteiger partial charge in [-0.2, -0.15) is 18.4 Å². The van der Waals surface area contributed by atoms with Gasteiger partial charge in [0.1, 0.15) is 4.88 Å². The number of nitrogens with one attached hydrogen (secondary N) is 3. The highest BCUT2D eigenvalue weighted by Crippen LogP contribution is 2.35. The highest BCUT2D eigenvalue weighted by molar-refractivity contribution is 7.12. The number of likely N-dealkylation sites (tertiary alicyclic amines) is 1. The number of thiophene rings is 1. The molecule has 5 rings (SSSR count). The van der Waals surface area contributed by atoms with Crippen molar-refractivity contribution in [3.05, 3.63) is 82.2 Å². The van der Waals surface area contributed by atoms with Gasteiger partial charge >= 0.3 is 6.18 Å². The second kappa shape index (κ2) is 11.8. The fraction of sp³-hybridized carbons (Fsp3) is 0.214. The van der Waals surface area contributed by atoms with Crippen molar-refractivity contribution in [1.82, 2.24) is 15.2 Å². The molecule has 41 heavy (non-hydrogen) atoms. The van der Waals surface area contributed by atoms with Crippen molar-refractivity contribution in [3.8, 4) is 6.19 Å². The van der Waals surface area contributed by atoms with Crippen molar-refractivity contribution < 1.29 is 23.1 Å². The molecule has 1 fully saturated rings. The van der Waals surface area contributed by atoms with Crippen LogP contribution in [0.3, 0.4) is 0 Å². The number of carbonyl (C=O) groups is 1. The van der Waals surface area contributed by atoms with Crippen LogP contribution in [0.5, 0.6) is 0 Å². The number of para-hydroxylation sites is 1. The number of pyridine rings is 1. The topological polar surface area (TPSA) is 126 Å². The number of amides is 1. The first-order chi connectivity index (χ1) is 19.7. The highest BCUT2D eigenvalue weighted by Gasteiger charge is 2.32. The number of halogens is 3. The number of rotatable bonds is 6. The van der Waals surface area contributed by atoms with Crippen molar-refractivity contribution in [2.75, 3.05) is 23.7 Å². The summed E-state index contributed by atoms with van der Waals surface area (Å²) in [4.78, 5) is 23.6. The van der Waals surface area contributed by atoms with Gasteiger partial charge in [-0.05, 0) is 53.8 Å². The number of aromatic nitrogens is 1. The number of nitriles is 1. The smallest absolute Gasteiger partial charge is 0.391 e. The highest BCUT2D eigenvalue weighted by atomic mass is 32.1. The van der Waals surface area contributed by atoms with Gasteiger partial charge in [0.05, 0.1) is 28.6 Å². The average molecular weight is 580 g/mol. The van der Waals surface area contributed by atoms with Crippen LogP contribution in [0, 0.1) is 11.5 Å². The third-order valence-electron chi connectivity index (χ3n) is 6.45. The van der Waals surface area contributed by atoms with Crippen LogP contribution in [0.4, 0.5) is 30.2 Å². The summed E-state index contributed by atoms with van der Waals surface area (Å²) in [6.07, 6.45) is -1.48. The predicted octanol–water partition coefficient (Wildman–Crippen LogP) is 5.30. The molecule has 9 nitrogen and oxygen atoms in total. The first kappa shape index (κ1) is 27.9. The largest absolute Gasteiger partial charge is 0.416 e. The number of hydrogen-bond donors (Lipinski definition) is 4. The summed E-state index contributed by atoms with van der Waals surface area (Å²) in [5.41, 5.74) is 1.10. The van der Waals surface area contributed by atoms with Crippen molar-refractivity contribution in [2.24, 2.45) is 4.99 Å². The van der Waals surface area contributed by atoms with Gasteiger partial charge in [0.25, 0.3) is 5.91 Å². The Kier molecular flexibility index (Phi) is 8.04. The normalized spacial score (nSPS) is 15.5. The molecular weight excluding hydrogens is 555 g/mol. The molecule has 2 aromatic heterocycles. The lowest BCUT2D eigenvalue weighted by Gasteiger charge is -2.19. The third-order valence-corrected chi connectivity index (χ3v) is 7.36. The van der Waals surface area contributed by atoms with E-state index in [-0.39, 0.29) is 23.9 Å². The number of benzene rings is 2. The molecule has 1 unspecified atom stereocenters. The molecule has 13 heteroatoms. The number of nitrogens with zero attached hydrogens (tertiary/aromatic N) is 4. The minimum atomic E-state index is -4.71. The summed E-state index contributed by atoms with van der Waals surface area (Å²) in [6, 6.07) is 14.2. The first-order valence-corrected chi connectivity index (χ1v) is 13.4. The SMILES string of the molecule is N#CNC(=Nc1cc(NC(=O)c2sccc2NCc2ccnc3ccccc23)cc(C(F)(F)F)c1)N1CCC(O)C1. The molecule has 2 aromatic carbocycles. The lowest BCUT2D eigenvalue weighted by atomic mass is 10.1. The molecule has 3 heterocycles. The molecule has 1 saturated heterocycles. The number of alkyl halides is 3. The summed E-state index contributed by atoms with van der Waals surface area (Å²) in [6.45, 7) is 0.961. The van der Waals surface area contributed by atoms with Gasteiger partial charge in [-0.1, -0.05) is 18.2 Å². The number of carbonyl (C=O) groups excluding carboxylic acids is 1. The number of guanidine groups is 1. The molecule has 0 radical (unpaired) electrons. The van der Waals surface area contributed by atoms with Gasteiger partial charge in [-0.25, -0.2) is 4.99 Å². The minimum absolute atomic E-state index is 0.00836. The first-order valence-electron chi connectivity index (χ1n) is 12.6. The molecule has 4 aromatic rings. The zero-order chi connectivity index (χ0) is 29.0. The molecule has 0 bridgehead atoms. The number of aliphatic hydroxyl groups excluding tert-OH is 1. The summed E-state index contributed by atoms with van der Waals surface area (Å²) in [5.74, 6) is -0.580. The molecule has 1 atom stereocenters. The van der Waals surface area contributed by atoms with E-state index in [1.807, 2.05) is 30.3 Å². The van der Waals surface area contributed by atoms with Gasteiger partial charge in [0.2, 0.25) is 5.96 Å². The fourth-order valence-electron chi connectivity index (χ4n) is 4.51. The molecule has 1 amide bonds. The van der Waals surface area contributed by atoms with E-state index in [9.17, 15) is 23.1 Å². The Hall–Kier alpha value is -4.67. The maximum Gasteiger partial charge on any atom is 0.416 e. The van der Waals surface area contributed by atoms with Crippen LogP contribution >= 0.6 is 11.3 Å². The lowest BCUT2D eigenvalue weighted by molar-refractivity contribution is -0.137. The number of aliphatic imine (C=N–C) groups is 1. The molecule has 0 aliphatic carbocycles. The Morgan fingerprint density at radius 1 is 1.22 bits per heavy atom. The van der Waals surface area contributed by atoms with E-state index in [2.05, 4.69) is 25.9 Å². The Labute approximate surface area is 237 Å². The monoisotopic (exact) mass is 579 g/mol. The number of anilines is 2.